The molecule has 1 aliphatic heterocycles. The SMILES string of the molecule is Cc1ccc([C@@H](C2CC2)N2CCNCC2)c(Br)c1. The fourth-order valence-corrected chi connectivity index (χ4v) is 3.72. The minimum absolute atomic E-state index is 0.627. The van der Waals surface area contributed by atoms with E-state index in [0.29, 0.717) is 6.04 Å². The van der Waals surface area contributed by atoms with Crippen LogP contribution >= 0.6 is 15.9 Å². The van der Waals surface area contributed by atoms with Gasteiger partial charge in [0.05, 0.1) is 0 Å². The maximum atomic E-state index is 3.77. The molecule has 1 saturated heterocycles. The lowest BCUT2D eigenvalue weighted by Gasteiger charge is -2.36. The van der Waals surface area contributed by atoms with Gasteiger partial charge in [-0.1, -0.05) is 28.1 Å². The van der Waals surface area contributed by atoms with Gasteiger partial charge in [-0.3, -0.25) is 4.90 Å². The second-order valence-corrected chi connectivity index (χ2v) is 6.45. The summed E-state index contributed by atoms with van der Waals surface area (Å²) >= 11 is 3.77. The predicted octanol–water partition coefficient (Wildman–Crippen LogP) is 3.11. The monoisotopic (exact) mass is 308 g/mol. The maximum absolute atomic E-state index is 3.77. The maximum Gasteiger partial charge on any atom is 0.0388 e. The highest BCUT2D eigenvalue weighted by molar-refractivity contribution is 9.10. The van der Waals surface area contributed by atoms with Crippen molar-refractivity contribution in [2.24, 2.45) is 5.92 Å². The van der Waals surface area contributed by atoms with Crippen LogP contribution in [0.5, 0.6) is 0 Å². The van der Waals surface area contributed by atoms with E-state index in [-0.39, 0.29) is 0 Å². The van der Waals surface area contributed by atoms with Gasteiger partial charge in [-0.15, -0.1) is 0 Å². The Morgan fingerprint density at radius 3 is 2.61 bits per heavy atom. The molecule has 0 aromatic heterocycles. The van der Waals surface area contributed by atoms with Crippen molar-refractivity contribution in [1.82, 2.24) is 10.2 Å². The Hall–Kier alpha value is -0.380. The van der Waals surface area contributed by atoms with E-state index in [1.165, 1.54) is 41.5 Å². The molecule has 1 aromatic carbocycles. The van der Waals surface area contributed by atoms with Crippen molar-refractivity contribution in [3.05, 3.63) is 33.8 Å². The zero-order valence-corrected chi connectivity index (χ0v) is 12.5. The van der Waals surface area contributed by atoms with Crippen LogP contribution in [0.2, 0.25) is 0 Å². The summed E-state index contributed by atoms with van der Waals surface area (Å²) in [6.45, 7) is 6.79. The molecule has 3 heteroatoms. The Morgan fingerprint density at radius 2 is 2.00 bits per heavy atom. The van der Waals surface area contributed by atoms with Crippen molar-refractivity contribution in [2.75, 3.05) is 26.2 Å². The molecule has 1 aromatic rings. The lowest BCUT2D eigenvalue weighted by molar-refractivity contribution is 0.155. The molecule has 18 heavy (non-hydrogen) atoms. The molecule has 98 valence electrons. The Bertz CT molecular complexity index is 423. The molecule has 0 spiro atoms. The van der Waals surface area contributed by atoms with Gasteiger partial charge < -0.3 is 5.32 Å². The summed E-state index contributed by atoms with van der Waals surface area (Å²) in [6, 6.07) is 7.46. The number of rotatable bonds is 3. The Morgan fingerprint density at radius 1 is 1.28 bits per heavy atom. The number of piperazine rings is 1. The summed E-state index contributed by atoms with van der Waals surface area (Å²) in [6.07, 6.45) is 2.80. The molecule has 0 radical (unpaired) electrons. The third kappa shape index (κ3) is 2.63. The molecule has 3 rings (SSSR count). The van der Waals surface area contributed by atoms with Gasteiger partial charge in [0, 0.05) is 36.7 Å². The number of halogens is 1. The van der Waals surface area contributed by atoms with Crippen molar-refractivity contribution in [3.8, 4) is 0 Å². The molecule has 0 bridgehead atoms. The first kappa shape index (κ1) is 12.6. The lowest BCUT2D eigenvalue weighted by atomic mass is 9.99. The third-order valence-electron chi connectivity index (χ3n) is 4.09. The van der Waals surface area contributed by atoms with Crippen molar-refractivity contribution in [1.29, 1.82) is 0 Å². The summed E-state index contributed by atoms with van der Waals surface area (Å²) in [4.78, 5) is 2.67. The van der Waals surface area contributed by atoms with Crippen LogP contribution in [0.1, 0.15) is 30.0 Å². The fourth-order valence-electron chi connectivity index (χ4n) is 2.99. The number of hydrogen-bond donors (Lipinski definition) is 1. The Balaban J connectivity index is 1.88. The van der Waals surface area contributed by atoms with Crippen LogP contribution in [0.4, 0.5) is 0 Å². The standard InChI is InChI=1S/C15H21BrN2/c1-11-2-5-13(14(16)10-11)15(12-3-4-12)18-8-6-17-7-9-18/h2,5,10,12,15,17H,3-4,6-9H2,1H3/t15-/m1/s1. The van der Waals surface area contributed by atoms with E-state index in [4.69, 9.17) is 0 Å². The lowest BCUT2D eigenvalue weighted by Crippen LogP contribution is -2.45. The molecule has 1 N–H and O–H groups in total. The Kier molecular flexibility index (Phi) is 3.73. The average Bonchev–Trinajstić information content (AvgIpc) is 3.18. The topological polar surface area (TPSA) is 15.3 Å². The van der Waals surface area contributed by atoms with Gasteiger partial charge in [-0.25, -0.2) is 0 Å². The molecule has 1 heterocycles. The average molecular weight is 309 g/mol. The number of hydrogen-bond acceptors (Lipinski definition) is 2. The van der Waals surface area contributed by atoms with Crippen LogP contribution < -0.4 is 5.32 Å². The van der Waals surface area contributed by atoms with Gasteiger partial charge in [-0.2, -0.15) is 0 Å². The minimum Gasteiger partial charge on any atom is -0.314 e. The number of nitrogens with zero attached hydrogens (tertiary/aromatic N) is 1. The highest BCUT2D eigenvalue weighted by atomic mass is 79.9. The Labute approximate surface area is 118 Å². The van der Waals surface area contributed by atoms with Gasteiger partial charge in [0.1, 0.15) is 0 Å². The van der Waals surface area contributed by atoms with Crippen molar-refractivity contribution in [2.45, 2.75) is 25.8 Å². The number of nitrogens with one attached hydrogen (secondary N) is 1. The molecule has 2 nitrogen and oxygen atoms in total. The molecule has 1 atom stereocenters. The van der Waals surface area contributed by atoms with E-state index in [1.54, 1.807) is 0 Å². The summed E-state index contributed by atoms with van der Waals surface area (Å²) < 4.78 is 1.29. The van der Waals surface area contributed by atoms with Crippen molar-refractivity contribution < 1.29 is 0 Å². The smallest absolute Gasteiger partial charge is 0.0388 e. The van der Waals surface area contributed by atoms with Crippen LogP contribution in [0.3, 0.4) is 0 Å². The largest absolute Gasteiger partial charge is 0.314 e. The van der Waals surface area contributed by atoms with Gasteiger partial charge >= 0.3 is 0 Å². The van der Waals surface area contributed by atoms with Crippen LogP contribution in [0.25, 0.3) is 0 Å². The number of aryl methyl sites for hydroxylation is 1. The molecule has 2 aliphatic rings. The summed E-state index contributed by atoms with van der Waals surface area (Å²) in [5, 5.41) is 3.45. The van der Waals surface area contributed by atoms with E-state index >= 15 is 0 Å². The van der Waals surface area contributed by atoms with Crippen molar-refractivity contribution in [3.63, 3.8) is 0 Å². The van der Waals surface area contributed by atoms with Gasteiger partial charge in [-0.05, 0) is 42.9 Å². The highest BCUT2D eigenvalue weighted by Crippen LogP contribution is 2.46. The molecule has 1 aliphatic carbocycles. The van der Waals surface area contributed by atoms with Gasteiger partial charge in [0.2, 0.25) is 0 Å². The van der Waals surface area contributed by atoms with Crippen LogP contribution in [0, 0.1) is 12.8 Å². The highest BCUT2D eigenvalue weighted by Gasteiger charge is 2.37. The second kappa shape index (κ2) is 5.32. The first-order valence-corrected chi connectivity index (χ1v) is 7.76. The molecule has 1 saturated carbocycles. The molecular weight excluding hydrogens is 288 g/mol. The van der Waals surface area contributed by atoms with Gasteiger partial charge in [0.25, 0.3) is 0 Å². The van der Waals surface area contributed by atoms with E-state index in [1.807, 2.05) is 0 Å². The predicted molar refractivity (Wildman–Crippen MR) is 78.8 cm³/mol. The van der Waals surface area contributed by atoms with Crippen LogP contribution in [-0.4, -0.2) is 31.1 Å². The van der Waals surface area contributed by atoms with Gasteiger partial charge in [0.15, 0.2) is 0 Å². The minimum atomic E-state index is 0.627. The van der Waals surface area contributed by atoms with E-state index in [9.17, 15) is 0 Å². The zero-order chi connectivity index (χ0) is 12.5. The van der Waals surface area contributed by atoms with E-state index in [2.05, 4.69) is 51.3 Å². The van der Waals surface area contributed by atoms with E-state index < -0.39 is 0 Å². The normalized spacial score (nSPS) is 23.0. The first-order chi connectivity index (χ1) is 8.75. The molecular formula is C15H21BrN2. The third-order valence-corrected chi connectivity index (χ3v) is 4.77. The summed E-state index contributed by atoms with van der Waals surface area (Å²) in [5.41, 5.74) is 2.82. The molecule has 0 amide bonds. The van der Waals surface area contributed by atoms with E-state index in [0.717, 1.165) is 19.0 Å². The van der Waals surface area contributed by atoms with Crippen molar-refractivity contribution >= 4 is 15.9 Å². The zero-order valence-electron chi connectivity index (χ0n) is 11.0. The molecule has 2 fully saturated rings. The quantitative estimate of drug-likeness (QED) is 0.923. The first-order valence-electron chi connectivity index (χ1n) is 6.96. The summed E-state index contributed by atoms with van der Waals surface area (Å²) in [5.74, 6) is 0.877. The summed E-state index contributed by atoms with van der Waals surface area (Å²) in [7, 11) is 0. The second-order valence-electron chi connectivity index (χ2n) is 5.59. The number of benzene rings is 1. The van der Waals surface area contributed by atoms with Crippen LogP contribution in [-0.2, 0) is 0 Å². The van der Waals surface area contributed by atoms with Crippen LogP contribution in [0.15, 0.2) is 22.7 Å². The fraction of sp³-hybridized carbons (Fsp3) is 0.600. The molecule has 0 unspecified atom stereocenters.